The number of hydrazone groups is 1. The Morgan fingerprint density at radius 3 is 2.71 bits per heavy atom. The summed E-state index contributed by atoms with van der Waals surface area (Å²) < 4.78 is 16.5. The van der Waals surface area contributed by atoms with E-state index in [2.05, 4.69) is 5.10 Å². The van der Waals surface area contributed by atoms with Crippen LogP contribution < -0.4 is 0 Å². The Hall–Kier alpha value is -3.06. The van der Waals surface area contributed by atoms with E-state index in [0.717, 1.165) is 5.39 Å². The fraction of sp³-hybridized carbons (Fsp3) is 0.333. The molecule has 2 heterocycles. The van der Waals surface area contributed by atoms with Crippen molar-refractivity contribution in [1.82, 2.24) is 5.01 Å². The van der Waals surface area contributed by atoms with Crippen molar-refractivity contribution < 1.29 is 23.8 Å². The number of phenols is 1. The summed E-state index contributed by atoms with van der Waals surface area (Å²) >= 11 is 0. The average molecular weight is 382 g/mol. The van der Waals surface area contributed by atoms with Crippen LogP contribution in [-0.2, 0) is 9.47 Å². The summed E-state index contributed by atoms with van der Waals surface area (Å²) in [6, 6.07) is 7.39. The van der Waals surface area contributed by atoms with Crippen molar-refractivity contribution in [2.75, 3.05) is 32.9 Å². The minimum absolute atomic E-state index is 0.0615. The average Bonchev–Trinajstić information content (AvgIpc) is 3.06. The molecular weight excluding hydrogens is 360 g/mol. The van der Waals surface area contributed by atoms with E-state index >= 15 is 0 Å². The van der Waals surface area contributed by atoms with Gasteiger partial charge in [0.2, 0.25) is 0 Å². The molecule has 28 heavy (non-hydrogen) atoms. The standard InChI is InChI=1S/C21H22N2O5/c1-3-27-21(25)17-13(2)28-20-15-7-5-4-6-14(15)19(24)16(18(17)20)12-22-23-8-10-26-11-9-23/h4-7,12,24H,3,8-11H2,1-2H3. The number of rotatable bonds is 4. The lowest BCUT2D eigenvalue weighted by Gasteiger charge is -2.23. The number of ether oxygens (including phenoxy) is 2. The number of nitrogens with zero attached hydrogens (tertiary/aromatic N) is 2. The number of carbonyl (C=O) groups is 1. The van der Waals surface area contributed by atoms with Crippen molar-refractivity contribution in [3.8, 4) is 5.75 Å². The minimum Gasteiger partial charge on any atom is -0.507 e. The van der Waals surface area contributed by atoms with Crippen molar-refractivity contribution in [3.63, 3.8) is 0 Å². The van der Waals surface area contributed by atoms with Gasteiger partial charge in [-0.2, -0.15) is 5.10 Å². The first-order chi connectivity index (χ1) is 13.6. The highest BCUT2D eigenvalue weighted by Crippen LogP contribution is 2.40. The molecule has 4 rings (SSSR count). The monoisotopic (exact) mass is 382 g/mol. The molecule has 0 radical (unpaired) electrons. The van der Waals surface area contributed by atoms with Gasteiger partial charge in [0, 0.05) is 21.7 Å². The van der Waals surface area contributed by atoms with Crippen molar-refractivity contribution in [1.29, 1.82) is 0 Å². The summed E-state index contributed by atoms with van der Waals surface area (Å²) in [5, 5.41) is 19.3. The van der Waals surface area contributed by atoms with Crippen molar-refractivity contribution in [2.45, 2.75) is 13.8 Å². The van der Waals surface area contributed by atoms with Gasteiger partial charge < -0.3 is 19.0 Å². The number of hydrogen-bond donors (Lipinski definition) is 1. The summed E-state index contributed by atoms with van der Waals surface area (Å²) in [5.41, 5.74) is 1.30. The lowest BCUT2D eigenvalue weighted by atomic mass is 9.98. The number of carbonyl (C=O) groups excluding carboxylic acids is 1. The first-order valence-corrected chi connectivity index (χ1v) is 9.32. The Balaban J connectivity index is 1.97. The topological polar surface area (TPSA) is 84.5 Å². The Bertz CT molecular complexity index is 1060. The third-order valence-corrected chi connectivity index (χ3v) is 4.85. The van der Waals surface area contributed by atoms with Gasteiger partial charge in [-0.15, -0.1) is 0 Å². The highest BCUT2D eigenvalue weighted by molar-refractivity contribution is 6.21. The second-order valence-corrected chi connectivity index (χ2v) is 6.58. The van der Waals surface area contributed by atoms with Gasteiger partial charge in [0.15, 0.2) is 0 Å². The number of aryl methyl sites for hydroxylation is 1. The van der Waals surface area contributed by atoms with Crippen LogP contribution in [0.5, 0.6) is 5.75 Å². The van der Waals surface area contributed by atoms with Gasteiger partial charge in [-0.25, -0.2) is 4.79 Å². The molecule has 3 aromatic rings. The Labute approximate surface area is 162 Å². The second-order valence-electron chi connectivity index (χ2n) is 6.58. The van der Waals surface area contributed by atoms with E-state index in [9.17, 15) is 9.90 Å². The van der Waals surface area contributed by atoms with Gasteiger partial charge in [-0.1, -0.05) is 24.3 Å². The minimum atomic E-state index is -0.477. The second kappa shape index (κ2) is 7.52. The lowest BCUT2D eigenvalue weighted by Crippen LogP contribution is -2.32. The Morgan fingerprint density at radius 2 is 2.00 bits per heavy atom. The van der Waals surface area contributed by atoms with E-state index in [1.165, 1.54) is 0 Å². The first kappa shape index (κ1) is 18.3. The molecule has 1 fully saturated rings. The maximum Gasteiger partial charge on any atom is 0.342 e. The molecule has 0 amide bonds. The van der Waals surface area contributed by atoms with Crippen LogP contribution in [-0.4, -0.2) is 55.2 Å². The summed E-state index contributed by atoms with van der Waals surface area (Å²) in [6.07, 6.45) is 1.59. The largest absolute Gasteiger partial charge is 0.507 e. The zero-order valence-corrected chi connectivity index (χ0v) is 15.9. The third kappa shape index (κ3) is 3.07. The van der Waals surface area contributed by atoms with Crippen LogP contribution in [0.3, 0.4) is 0 Å². The number of hydrogen-bond acceptors (Lipinski definition) is 7. The van der Waals surface area contributed by atoms with Crippen molar-refractivity contribution in [3.05, 3.63) is 41.2 Å². The quantitative estimate of drug-likeness (QED) is 0.550. The zero-order valence-electron chi connectivity index (χ0n) is 15.9. The summed E-state index contributed by atoms with van der Waals surface area (Å²) in [6.45, 7) is 6.28. The van der Waals surface area contributed by atoms with Crippen LogP contribution >= 0.6 is 0 Å². The van der Waals surface area contributed by atoms with Crippen molar-refractivity contribution in [2.24, 2.45) is 5.10 Å². The SMILES string of the molecule is CCOC(=O)c1c(C)oc2c1c(C=NN1CCOCC1)c(O)c1ccccc12. The molecule has 0 saturated carbocycles. The van der Waals surface area contributed by atoms with E-state index in [1.807, 2.05) is 29.3 Å². The maximum absolute atomic E-state index is 12.6. The van der Waals surface area contributed by atoms with Crippen LogP contribution in [0.4, 0.5) is 0 Å². The molecular formula is C21H22N2O5. The van der Waals surface area contributed by atoms with E-state index in [0.29, 0.717) is 59.5 Å². The summed E-state index contributed by atoms with van der Waals surface area (Å²) in [4.78, 5) is 12.6. The number of fused-ring (bicyclic) bond motifs is 3. The van der Waals surface area contributed by atoms with Crippen LogP contribution in [0, 0.1) is 6.92 Å². The van der Waals surface area contributed by atoms with Gasteiger partial charge in [0.25, 0.3) is 0 Å². The van der Waals surface area contributed by atoms with E-state index in [1.54, 1.807) is 20.1 Å². The fourth-order valence-corrected chi connectivity index (χ4v) is 3.53. The fourth-order valence-electron chi connectivity index (χ4n) is 3.53. The molecule has 7 heteroatoms. The smallest absolute Gasteiger partial charge is 0.342 e. The Morgan fingerprint density at radius 1 is 1.29 bits per heavy atom. The molecule has 0 bridgehead atoms. The van der Waals surface area contributed by atoms with Crippen LogP contribution in [0.2, 0.25) is 0 Å². The number of aromatic hydroxyl groups is 1. The predicted molar refractivity (Wildman–Crippen MR) is 106 cm³/mol. The molecule has 1 aromatic heterocycles. The number of phenolic OH excluding ortho intramolecular Hbond substituents is 1. The highest BCUT2D eigenvalue weighted by Gasteiger charge is 2.26. The molecule has 1 saturated heterocycles. The van der Waals surface area contributed by atoms with Gasteiger partial charge in [0.1, 0.15) is 22.7 Å². The predicted octanol–water partition coefficient (Wildman–Crippen LogP) is 3.44. The normalized spacial score (nSPS) is 15.0. The molecule has 1 aliphatic heterocycles. The Kier molecular flexibility index (Phi) is 4.92. The molecule has 0 atom stereocenters. The molecule has 146 valence electrons. The summed E-state index contributed by atoms with van der Waals surface area (Å²) in [5.74, 6) is 0.0335. The number of furan rings is 1. The first-order valence-electron chi connectivity index (χ1n) is 9.32. The van der Waals surface area contributed by atoms with Crippen LogP contribution in [0.1, 0.15) is 28.6 Å². The summed E-state index contributed by atoms with van der Waals surface area (Å²) in [7, 11) is 0. The molecule has 0 spiro atoms. The molecule has 0 aliphatic carbocycles. The van der Waals surface area contributed by atoms with E-state index in [4.69, 9.17) is 13.9 Å². The molecule has 0 unspecified atom stereocenters. The number of morpholine rings is 1. The van der Waals surface area contributed by atoms with E-state index in [-0.39, 0.29) is 12.4 Å². The number of esters is 1. The lowest BCUT2D eigenvalue weighted by molar-refractivity contribution is 0.0397. The van der Waals surface area contributed by atoms with Gasteiger partial charge in [-0.3, -0.25) is 5.01 Å². The number of benzene rings is 2. The maximum atomic E-state index is 12.6. The van der Waals surface area contributed by atoms with Crippen LogP contribution in [0.15, 0.2) is 33.8 Å². The molecule has 7 nitrogen and oxygen atoms in total. The van der Waals surface area contributed by atoms with Crippen molar-refractivity contribution >= 4 is 33.9 Å². The van der Waals surface area contributed by atoms with Gasteiger partial charge in [0.05, 0.1) is 39.1 Å². The molecule has 2 aromatic carbocycles. The van der Waals surface area contributed by atoms with E-state index < -0.39 is 5.97 Å². The van der Waals surface area contributed by atoms with Crippen LogP contribution in [0.25, 0.3) is 21.7 Å². The third-order valence-electron chi connectivity index (χ3n) is 4.85. The molecule has 1 N–H and O–H groups in total. The van der Waals surface area contributed by atoms with Gasteiger partial charge >= 0.3 is 5.97 Å². The van der Waals surface area contributed by atoms with Gasteiger partial charge in [-0.05, 0) is 13.8 Å². The zero-order chi connectivity index (χ0) is 19.7. The molecule has 1 aliphatic rings. The highest BCUT2D eigenvalue weighted by atomic mass is 16.5.